The molecule has 1 aromatic carbocycles. The number of hydrogen-bond donors (Lipinski definition) is 2. The summed E-state index contributed by atoms with van der Waals surface area (Å²) in [4.78, 5) is 26.8. The lowest BCUT2D eigenvalue weighted by Gasteiger charge is -2.00. The van der Waals surface area contributed by atoms with Gasteiger partial charge in [0.1, 0.15) is 5.75 Å². The van der Waals surface area contributed by atoms with E-state index in [9.17, 15) is 9.59 Å². The molecule has 8 heteroatoms. The summed E-state index contributed by atoms with van der Waals surface area (Å²) in [6.45, 7) is 0. The Hall–Kier alpha value is -2.74. The first-order chi connectivity index (χ1) is 10.2. The van der Waals surface area contributed by atoms with Crippen molar-refractivity contribution in [2.75, 3.05) is 12.4 Å². The molecule has 0 fully saturated rings. The van der Waals surface area contributed by atoms with Crippen LogP contribution in [0.5, 0.6) is 5.75 Å². The van der Waals surface area contributed by atoms with Crippen LogP contribution in [0.3, 0.4) is 0 Å². The first-order valence-corrected chi connectivity index (χ1v) is 6.75. The van der Waals surface area contributed by atoms with Crippen molar-refractivity contribution in [2.24, 2.45) is 5.10 Å². The summed E-state index contributed by atoms with van der Waals surface area (Å²) in [5.74, 6) is -0.967. The number of thiazole rings is 1. The Bertz CT molecular complexity index is 638. The van der Waals surface area contributed by atoms with Crippen LogP contribution in [0.1, 0.15) is 5.56 Å². The lowest BCUT2D eigenvalue weighted by atomic mass is 10.2. The Kier molecular flexibility index (Phi) is 4.99. The molecule has 2 rings (SSSR count). The maximum atomic E-state index is 11.5. The number of methoxy groups -OCH3 is 1. The van der Waals surface area contributed by atoms with Gasteiger partial charge in [-0.05, 0) is 29.8 Å². The number of anilines is 1. The summed E-state index contributed by atoms with van der Waals surface area (Å²) in [5.41, 5.74) is 2.90. The number of nitrogens with one attached hydrogen (secondary N) is 2. The Morgan fingerprint density at radius 2 is 2.05 bits per heavy atom. The van der Waals surface area contributed by atoms with Crippen LogP contribution < -0.4 is 15.5 Å². The van der Waals surface area contributed by atoms with Gasteiger partial charge in [-0.25, -0.2) is 10.4 Å². The van der Waals surface area contributed by atoms with Crippen LogP contribution in [0.15, 0.2) is 40.9 Å². The molecule has 0 radical (unpaired) electrons. The Labute approximate surface area is 124 Å². The Morgan fingerprint density at radius 3 is 2.67 bits per heavy atom. The molecule has 0 aliphatic heterocycles. The van der Waals surface area contributed by atoms with Crippen LogP contribution in [0.4, 0.5) is 5.13 Å². The quantitative estimate of drug-likeness (QED) is 0.505. The van der Waals surface area contributed by atoms with E-state index in [0.717, 1.165) is 11.3 Å². The number of aromatic nitrogens is 1. The zero-order chi connectivity index (χ0) is 15.1. The van der Waals surface area contributed by atoms with Crippen molar-refractivity contribution in [2.45, 2.75) is 0 Å². The highest BCUT2D eigenvalue weighted by Crippen LogP contribution is 2.10. The predicted molar refractivity (Wildman–Crippen MR) is 79.5 cm³/mol. The molecule has 1 heterocycles. The third kappa shape index (κ3) is 4.39. The average molecular weight is 304 g/mol. The summed E-state index contributed by atoms with van der Waals surface area (Å²) in [7, 11) is 1.57. The van der Waals surface area contributed by atoms with Gasteiger partial charge >= 0.3 is 11.8 Å². The molecule has 0 bridgehead atoms. The van der Waals surface area contributed by atoms with Crippen LogP contribution in [-0.2, 0) is 9.59 Å². The predicted octanol–water partition coefficient (Wildman–Crippen LogP) is 1.24. The second kappa shape index (κ2) is 7.15. The monoisotopic (exact) mass is 304 g/mol. The van der Waals surface area contributed by atoms with Crippen LogP contribution in [0.2, 0.25) is 0 Å². The fraction of sp³-hybridized carbons (Fsp3) is 0.0769. The second-order valence-corrected chi connectivity index (χ2v) is 4.66. The van der Waals surface area contributed by atoms with E-state index in [-0.39, 0.29) is 0 Å². The third-order valence-electron chi connectivity index (χ3n) is 2.35. The van der Waals surface area contributed by atoms with Crippen molar-refractivity contribution >= 4 is 34.5 Å². The highest BCUT2D eigenvalue weighted by Gasteiger charge is 2.13. The van der Waals surface area contributed by atoms with Crippen molar-refractivity contribution in [3.05, 3.63) is 41.4 Å². The molecule has 21 heavy (non-hydrogen) atoms. The molecule has 2 aromatic rings. The highest BCUT2D eigenvalue weighted by atomic mass is 32.1. The lowest BCUT2D eigenvalue weighted by Crippen LogP contribution is -2.32. The van der Waals surface area contributed by atoms with Crippen molar-refractivity contribution in [1.82, 2.24) is 10.4 Å². The number of nitrogens with zero attached hydrogens (tertiary/aromatic N) is 2. The summed E-state index contributed by atoms with van der Waals surface area (Å²) in [5, 5.41) is 8.10. The number of benzene rings is 1. The minimum Gasteiger partial charge on any atom is -0.497 e. The van der Waals surface area contributed by atoms with Gasteiger partial charge in [0, 0.05) is 11.6 Å². The van der Waals surface area contributed by atoms with Gasteiger partial charge in [-0.3, -0.25) is 14.9 Å². The average Bonchev–Trinajstić information content (AvgIpc) is 3.00. The molecule has 0 unspecified atom stereocenters. The zero-order valence-electron chi connectivity index (χ0n) is 11.1. The van der Waals surface area contributed by atoms with Crippen molar-refractivity contribution in [3.63, 3.8) is 0 Å². The topological polar surface area (TPSA) is 92.7 Å². The van der Waals surface area contributed by atoms with E-state index in [2.05, 4.69) is 20.8 Å². The largest absolute Gasteiger partial charge is 0.497 e. The lowest BCUT2D eigenvalue weighted by molar-refractivity contribution is -0.136. The molecule has 108 valence electrons. The fourth-order valence-electron chi connectivity index (χ4n) is 1.35. The maximum absolute atomic E-state index is 11.5. The van der Waals surface area contributed by atoms with Crippen molar-refractivity contribution < 1.29 is 14.3 Å². The molecular formula is C13H12N4O3S. The van der Waals surface area contributed by atoms with Gasteiger partial charge in [0.15, 0.2) is 5.13 Å². The number of rotatable bonds is 4. The van der Waals surface area contributed by atoms with Crippen molar-refractivity contribution in [1.29, 1.82) is 0 Å². The number of carbonyl (C=O) groups excluding carboxylic acids is 2. The number of carbonyl (C=O) groups is 2. The second-order valence-electron chi connectivity index (χ2n) is 3.76. The minimum absolute atomic E-state index is 0.356. The van der Waals surface area contributed by atoms with Gasteiger partial charge < -0.3 is 4.74 Å². The molecule has 0 saturated heterocycles. The molecule has 2 N–H and O–H groups in total. The first kappa shape index (κ1) is 14.7. The zero-order valence-corrected chi connectivity index (χ0v) is 11.9. The van der Waals surface area contributed by atoms with E-state index in [1.807, 2.05) is 0 Å². The van der Waals surface area contributed by atoms with Gasteiger partial charge in [0.2, 0.25) is 0 Å². The summed E-state index contributed by atoms with van der Waals surface area (Å²) >= 11 is 1.22. The number of amides is 2. The molecule has 0 aliphatic rings. The van der Waals surface area contributed by atoms with Gasteiger partial charge in [-0.15, -0.1) is 11.3 Å². The SMILES string of the molecule is COc1ccc(/C=N/NC(=O)C(=O)Nc2nccs2)cc1. The first-order valence-electron chi connectivity index (χ1n) is 5.87. The van der Waals surface area contributed by atoms with E-state index in [0.29, 0.717) is 5.13 Å². The Balaban J connectivity index is 1.84. The van der Waals surface area contributed by atoms with Crippen LogP contribution in [0.25, 0.3) is 0 Å². The van der Waals surface area contributed by atoms with Crippen LogP contribution in [-0.4, -0.2) is 30.1 Å². The smallest absolute Gasteiger partial charge is 0.329 e. The maximum Gasteiger partial charge on any atom is 0.329 e. The van der Waals surface area contributed by atoms with Gasteiger partial charge in [-0.1, -0.05) is 0 Å². The van der Waals surface area contributed by atoms with Gasteiger partial charge in [0.25, 0.3) is 0 Å². The molecular weight excluding hydrogens is 292 g/mol. The standard InChI is InChI=1S/C13H12N4O3S/c1-20-10-4-2-9(3-5-10)8-15-17-12(19)11(18)16-13-14-6-7-21-13/h2-8H,1H3,(H,17,19)(H,14,16,18)/b15-8+. The van der Waals surface area contributed by atoms with E-state index in [1.54, 1.807) is 36.8 Å². The summed E-state index contributed by atoms with van der Waals surface area (Å²) in [6.07, 6.45) is 2.95. The normalized spacial score (nSPS) is 10.3. The summed E-state index contributed by atoms with van der Waals surface area (Å²) < 4.78 is 5.02. The van der Waals surface area contributed by atoms with Gasteiger partial charge in [0.05, 0.1) is 13.3 Å². The number of hydrazone groups is 1. The molecule has 0 spiro atoms. The summed E-state index contributed by atoms with van der Waals surface area (Å²) in [6, 6.07) is 7.06. The number of hydrogen-bond acceptors (Lipinski definition) is 6. The molecule has 1 aromatic heterocycles. The van der Waals surface area contributed by atoms with E-state index < -0.39 is 11.8 Å². The molecule has 2 amide bonds. The fourth-order valence-corrected chi connectivity index (χ4v) is 1.87. The van der Waals surface area contributed by atoms with Crippen LogP contribution >= 0.6 is 11.3 Å². The molecule has 0 atom stereocenters. The Morgan fingerprint density at radius 1 is 1.29 bits per heavy atom. The van der Waals surface area contributed by atoms with Crippen molar-refractivity contribution in [3.8, 4) is 5.75 Å². The molecule has 0 saturated carbocycles. The van der Waals surface area contributed by atoms with E-state index >= 15 is 0 Å². The highest BCUT2D eigenvalue weighted by molar-refractivity contribution is 7.13. The number of ether oxygens (including phenoxy) is 1. The molecule has 0 aliphatic carbocycles. The van der Waals surface area contributed by atoms with E-state index in [1.165, 1.54) is 23.7 Å². The minimum atomic E-state index is -0.866. The van der Waals surface area contributed by atoms with Crippen LogP contribution in [0, 0.1) is 0 Å². The van der Waals surface area contributed by atoms with Gasteiger partial charge in [-0.2, -0.15) is 5.10 Å². The third-order valence-corrected chi connectivity index (χ3v) is 3.04. The molecule has 7 nitrogen and oxygen atoms in total. The van der Waals surface area contributed by atoms with E-state index in [4.69, 9.17) is 4.74 Å².